The van der Waals surface area contributed by atoms with Crippen LogP contribution in [0.1, 0.15) is 22.8 Å². The van der Waals surface area contributed by atoms with Gasteiger partial charge in [0.1, 0.15) is 5.78 Å². The van der Waals surface area contributed by atoms with Gasteiger partial charge in [-0.25, -0.2) is 0 Å². The number of thioether (sulfide) groups is 1. The van der Waals surface area contributed by atoms with Gasteiger partial charge in [0.2, 0.25) is 5.13 Å². The largest absolute Gasteiger partial charge is 0.299 e. The van der Waals surface area contributed by atoms with Crippen molar-refractivity contribution in [1.82, 2.24) is 10.2 Å². The normalized spacial score (nSPS) is 10.3. The lowest BCUT2D eigenvalue weighted by atomic mass is 10.1. The van der Waals surface area contributed by atoms with Gasteiger partial charge in [0.25, 0.3) is 5.91 Å². The Kier molecular flexibility index (Phi) is 4.86. The van der Waals surface area contributed by atoms with Crippen LogP contribution in [-0.2, 0) is 4.79 Å². The van der Waals surface area contributed by atoms with E-state index in [0.29, 0.717) is 20.8 Å². The van der Waals surface area contributed by atoms with E-state index in [-0.39, 0.29) is 11.7 Å². The molecule has 0 unspecified atom stereocenters. The predicted molar refractivity (Wildman–Crippen MR) is 80.4 cm³/mol. The van der Waals surface area contributed by atoms with Crippen LogP contribution in [0, 0.1) is 6.92 Å². The molecule has 0 aliphatic heterocycles. The number of nitrogens with one attached hydrogen (secondary N) is 1. The summed E-state index contributed by atoms with van der Waals surface area (Å²) in [5.41, 5.74) is 1.52. The highest BCUT2D eigenvalue weighted by Crippen LogP contribution is 2.25. The van der Waals surface area contributed by atoms with Crippen molar-refractivity contribution in [1.29, 1.82) is 0 Å². The van der Waals surface area contributed by atoms with E-state index in [9.17, 15) is 9.59 Å². The Morgan fingerprint density at radius 2 is 2.05 bits per heavy atom. The van der Waals surface area contributed by atoms with E-state index in [0.717, 1.165) is 5.56 Å². The van der Waals surface area contributed by atoms with Crippen molar-refractivity contribution in [2.45, 2.75) is 18.2 Å². The number of aryl methyl sites for hydroxylation is 1. The molecule has 0 fully saturated rings. The quantitative estimate of drug-likeness (QED) is 0.679. The molecule has 0 atom stereocenters. The molecule has 0 aliphatic carbocycles. The molecule has 1 N–H and O–H groups in total. The number of hydrogen-bond acceptors (Lipinski definition) is 6. The maximum Gasteiger partial charge on any atom is 0.257 e. The lowest BCUT2D eigenvalue weighted by Crippen LogP contribution is -2.12. The molecule has 104 valence electrons. The number of aromatic nitrogens is 2. The summed E-state index contributed by atoms with van der Waals surface area (Å²) in [6.07, 6.45) is 0. The van der Waals surface area contributed by atoms with Crippen molar-refractivity contribution in [2.75, 3.05) is 11.1 Å². The number of carbonyl (C=O) groups is 2. The molecule has 20 heavy (non-hydrogen) atoms. The molecule has 0 bridgehead atoms. The van der Waals surface area contributed by atoms with Crippen molar-refractivity contribution in [2.24, 2.45) is 0 Å². The highest BCUT2D eigenvalue weighted by Gasteiger charge is 2.12. The number of benzene rings is 1. The van der Waals surface area contributed by atoms with Gasteiger partial charge in [0.05, 0.1) is 5.75 Å². The average Bonchev–Trinajstić information content (AvgIpc) is 2.84. The Morgan fingerprint density at radius 1 is 1.30 bits per heavy atom. The minimum atomic E-state index is -0.206. The van der Waals surface area contributed by atoms with Crippen molar-refractivity contribution in [3.8, 4) is 0 Å². The van der Waals surface area contributed by atoms with Crippen LogP contribution in [-0.4, -0.2) is 27.6 Å². The van der Waals surface area contributed by atoms with E-state index in [1.165, 1.54) is 30.0 Å². The Hall–Kier alpha value is -1.73. The molecule has 0 saturated carbocycles. The molecule has 0 radical (unpaired) electrons. The molecule has 2 rings (SSSR count). The third-order valence-electron chi connectivity index (χ3n) is 2.42. The monoisotopic (exact) mass is 307 g/mol. The number of Topliss-reactive ketones (excluding diaryl/α,β-unsaturated/α-hetero) is 1. The zero-order valence-corrected chi connectivity index (χ0v) is 12.7. The van der Waals surface area contributed by atoms with Gasteiger partial charge in [-0.05, 0) is 25.5 Å². The number of anilines is 1. The summed E-state index contributed by atoms with van der Waals surface area (Å²) in [4.78, 5) is 23.0. The van der Waals surface area contributed by atoms with E-state index in [1.54, 1.807) is 6.07 Å². The molecule has 0 saturated heterocycles. The van der Waals surface area contributed by atoms with Crippen molar-refractivity contribution >= 4 is 39.9 Å². The van der Waals surface area contributed by atoms with Gasteiger partial charge in [-0.1, -0.05) is 41.3 Å². The van der Waals surface area contributed by atoms with Gasteiger partial charge in [-0.3, -0.25) is 14.9 Å². The molecular weight excluding hydrogens is 294 g/mol. The number of rotatable bonds is 5. The van der Waals surface area contributed by atoms with Gasteiger partial charge in [0.15, 0.2) is 4.34 Å². The first-order valence-electron chi connectivity index (χ1n) is 5.89. The molecule has 2 aromatic rings. The molecule has 0 aliphatic rings. The lowest BCUT2D eigenvalue weighted by molar-refractivity contribution is -0.114. The predicted octanol–water partition coefficient (Wildman–Crippen LogP) is 2.78. The van der Waals surface area contributed by atoms with E-state index in [4.69, 9.17) is 0 Å². The standard InChI is InChI=1S/C13H13N3O2S2/c1-8-5-3-4-6-10(8)11(18)14-12-15-16-13(20-12)19-7-9(2)17/h3-6H,7H2,1-2H3,(H,14,15,18). The number of nitrogens with zero attached hydrogens (tertiary/aromatic N) is 2. The van der Waals surface area contributed by atoms with Crippen molar-refractivity contribution in [3.05, 3.63) is 35.4 Å². The zero-order chi connectivity index (χ0) is 14.5. The first kappa shape index (κ1) is 14.7. The zero-order valence-electron chi connectivity index (χ0n) is 11.0. The highest BCUT2D eigenvalue weighted by molar-refractivity contribution is 8.01. The lowest BCUT2D eigenvalue weighted by Gasteiger charge is -2.03. The highest BCUT2D eigenvalue weighted by atomic mass is 32.2. The van der Waals surface area contributed by atoms with Gasteiger partial charge < -0.3 is 0 Å². The van der Waals surface area contributed by atoms with Crippen LogP contribution in [0.3, 0.4) is 0 Å². The minimum absolute atomic E-state index is 0.0793. The van der Waals surface area contributed by atoms with Gasteiger partial charge in [-0.15, -0.1) is 10.2 Å². The third-order valence-corrected chi connectivity index (χ3v) is 4.53. The second-order valence-corrected chi connectivity index (χ2v) is 6.33. The number of carbonyl (C=O) groups excluding carboxylic acids is 2. The smallest absolute Gasteiger partial charge is 0.257 e. The average molecular weight is 307 g/mol. The Labute approximate surface area is 124 Å². The molecule has 1 heterocycles. The van der Waals surface area contributed by atoms with E-state index in [1.807, 2.05) is 25.1 Å². The minimum Gasteiger partial charge on any atom is -0.299 e. The van der Waals surface area contributed by atoms with Crippen LogP contribution < -0.4 is 5.32 Å². The Bertz CT molecular complexity index is 640. The fourth-order valence-electron chi connectivity index (χ4n) is 1.47. The van der Waals surface area contributed by atoms with Gasteiger partial charge >= 0.3 is 0 Å². The molecule has 1 amide bonds. The van der Waals surface area contributed by atoms with Crippen LogP contribution in [0.5, 0.6) is 0 Å². The van der Waals surface area contributed by atoms with E-state index < -0.39 is 0 Å². The molecule has 7 heteroatoms. The maximum absolute atomic E-state index is 12.1. The summed E-state index contributed by atoms with van der Waals surface area (Å²) in [7, 11) is 0. The number of ketones is 1. The molecule has 1 aromatic carbocycles. The summed E-state index contributed by atoms with van der Waals surface area (Å²) < 4.78 is 0.667. The van der Waals surface area contributed by atoms with Crippen LogP contribution in [0.2, 0.25) is 0 Å². The summed E-state index contributed by atoms with van der Waals surface area (Å²) in [6.45, 7) is 3.40. The molecular formula is C13H13N3O2S2. The molecule has 1 aromatic heterocycles. The Morgan fingerprint density at radius 3 is 2.75 bits per heavy atom. The summed E-state index contributed by atoms with van der Waals surface area (Å²) in [6, 6.07) is 7.34. The van der Waals surface area contributed by atoms with Crippen LogP contribution in [0.25, 0.3) is 0 Å². The number of hydrogen-bond donors (Lipinski definition) is 1. The SMILES string of the molecule is CC(=O)CSc1nnc(NC(=O)c2ccccc2C)s1. The summed E-state index contributed by atoms with van der Waals surface area (Å²) in [5.74, 6) is 0.235. The van der Waals surface area contributed by atoms with Crippen LogP contribution in [0.4, 0.5) is 5.13 Å². The van der Waals surface area contributed by atoms with E-state index in [2.05, 4.69) is 15.5 Å². The summed E-state index contributed by atoms with van der Waals surface area (Å²) in [5, 5.41) is 11.0. The van der Waals surface area contributed by atoms with Crippen molar-refractivity contribution in [3.63, 3.8) is 0 Å². The van der Waals surface area contributed by atoms with Crippen molar-refractivity contribution < 1.29 is 9.59 Å². The second kappa shape index (κ2) is 6.62. The van der Waals surface area contributed by atoms with Gasteiger partial charge in [-0.2, -0.15) is 0 Å². The fourth-order valence-corrected chi connectivity index (χ4v) is 3.02. The molecule has 0 spiro atoms. The fraction of sp³-hybridized carbons (Fsp3) is 0.231. The van der Waals surface area contributed by atoms with Gasteiger partial charge in [0, 0.05) is 5.56 Å². The first-order chi connectivity index (χ1) is 9.56. The maximum atomic E-state index is 12.1. The topological polar surface area (TPSA) is 72.0 Å². The van der Waals surface area contributed by atoms with E-state index >= 15 is 0 Å². The Balaban J connectivity index is 2.02. The molecule has 5 nitrogen and oxygen atoms in total. The van der Waals surface area contributed by atoms with Crippen LogP contribution in [0.15, 0.2) is 28.6 Å². The number of amides is 1. The third kappa shape index (κ3) is 3.88. The van der Waals surface area contributed by atoms with Crippen LogP contribution >= 0.6 is 23.1 Å². The second-order valence-electron chi connectivity index (χ2n) is 4.13. The summed E-state index contributed by atoms with van der Waals surface area (Å²) >= 11 is 2.58. The first-order valence-corrected chi connectivity index (χ1v) is 7.69.